The lowest BCUT2D eigenvalue weighted by atomic mass is 10.2. The van der Waals surface area contributed by atoms with Crippen LogP contribution in [-0.2, 0) is 11.3 Å². The monoisotopic (exact) mass is 361 g/mol. The van der Waals surface area contributed by atoms with E-state index in [1.807, 2.05) is 0 Å². The second-order valence-electron chi connectivity index (χ2n) is 5.20. The smallest absolute Gasteiger partial charge is 0.338 e. The number of esters is 1. The summed E-state index contributed by atoms with van der Waals surface area (Å²) in [7, 11) is 0. The number of pyridine rings is 1. The van der Waals surface area contributed by atoms with Gasteiger partial charge in [-0.15, -0.1) is 10.2 Å². The second-order valence-corrected chi connectivity index (χ2v) is 5.20. The average Bonchev–Trinajstić information content (AvgIpc) is 3.14. The number of halogens is 2. The van der Waals surface area contributed by atoms with Gasteiger partial charge in [-0.05, 0) is 18.2 Å². The lowest BCUT2D eigenvalue weighted by Crippen LogP contribution is -2.22. The summed E-state index contributed by atoms with van der Waals surface area (Å²) in [5.41, 5.74) is 0.225. The van der Waals surface area contributed by atoms with Gasteiger partial charge in [0, 0.05) is 17.8 Å². The summed E-state index contributed by atoms with van der Waals surface area (Å²) in [5, 5.41) is 6.69. The fraction of sp³-hybridized carbons (Fsp3) is 0.176. The molecule has 7 nitrogen and oxygen atoms in total. The molecule has 9 heteroatoms. The molecular formula is C17H13F2N3O4. The van der Waals surface area contributed by atoms with Crippen molar-refractivity contribution in [3.05, 3.63) is 70.5 Å². The topological polar surface area (TPSA) is 87.2 Å². The average molecular weight is 361 g/mol. The van der Waals surface area contributed by atoms with Crippen molar-refractivity contribution in [2.24, 2.45) is 0 Å². The third-order valence-electron chi connectivity index (χ3n) is 3.45. The molecule has 0 radical (unpaired) electrons. The summed E-state index contributed by atoms with van der Waals surface area (Å²) < 4.78 is 36.1. The fourth-order valence-corrected chi connectivity index (χ4v) is 2.16. The van der Waals surface area contributed by atoms with Crippen LogP contribution in [0, 0.1) is 0 Å². The number of rotatable bonds is 6. The van der Waals surface area contributed by atoms with E-state index in [0.29, 0.717) is 5.56 Å². The largest absolute Gasteiger partial charge is 0.460 e. The summed E-state index contributed by atoms with van der Waals surface area (Å²) in [5.74, 6) is -1.46. The van der Waals surface area contributed by atoms with Gasteiger partial charge in [-0.3, -0.25) is 4.79 Å². The predicted octanol–water partition coefficient (Wildman–Crippen LogP) is 2.69. The summed E-state index contributed by atoms with van der Waals surface area (Å²) >= 11 is 0. The van der Waals surface area contributed by atoms with Crippen LogP contribution < -0.4 is 5.56 Å². The Morgan fingerprint density at radius 1 is 1.19 bits per heavy atom. The maximum absolute atomic E-state index is 12.5. The molecule has 0 bridgehead atoms. The van der Waals surface area contributed by atoms with Crippen LogP contribution in [0.5, 0.6) is 0 Å². The van der Waals surface area contributed by atoms with E-state index in [9.17, 15) is 18.4 Å². The van der Waals surface area contributed by atoms with Crippen molar-refractivity contribution in [1.82, 2.24) is 14.8 Å². The van der Waals surface area contributed by atoms with Crippen LogP contribution in [0.4, 0.5) is 8.78 Å². The van der Waals surface area contributed by atoms with Crippen molar-refractivity contribution in [2.75, 3.05) is 6.61 Å². The van der Waals surface area contributed by atoms with E-state index in [0.717, 1.165) is 0 Å². The number of benzene rings is 1. The highest BCUT2D eigenvalue weighted by Gasteiger charge is 2.17. The molecule has 2 heterocycles. The Hall–Kier alpha value is -3.36. The Labute approximate surface area is 145 Å². The molecule has 0 saturated carbocycles. The van der Waals surface area contributed by atoms with Gasteiger partial charge in [0.15, 0.2) is 0 Å². The zero-order valence-electron chi connectivity index (χ0n) is 13.3. The first-order chi connectivity index (χ1) is 12.5. The van der Waals surface area contributed by atoms with E-state index < -0.39 is 23.8 Å². The van der Waals surface area contributed by atoms with Crippen molar-refractivity contribution in [3.8, 4) is 11.5 Å². The van der Waals surface area contributed by atoms with Gasteiger partial charge in [0.1, 0.15) is 6.61 Å². The van der Waals surface area contributed by atoms with Crippen LogP contribution in [0.15, 0.2) is 57.9 Å². The van der Waals surface area contributed by atoms with Gasteiger partial charge in [-0.2, -0.15) is 8.78 Å². The van der Waals surface area contributed by atoms with E-state index in [2.05, 4.69) is 10.2 Å². The van der Waals surface area contributed by atoms with Crippen molar-refractivity contribution in [1.29, 1.82) is 0 Å². The molecule has 0 N–H and O–H groups in total. The molecule has 0 amide bonds. The third kappa shape index (κ3) is 4.00. The molecule has 3 aromatic rings. The molecule has 0 spiro atoms. The molecule has 1 aromatic carbocycles. The number of hydrogen-bond donors (Lipinski definition) is 0. The van der Waals surface area contributed by atoms with E-state index in [-0.39, 0.29) is 24.6 Å². The van der Waals surface area contributed by atoms with Crippen molar-refractivity contribution in [3.63, 3.8) is 0 Å². The number of alkyl halides is 2. The molecule has 0 atom stereocenters. The number of nitrogens with zero attached hydrogens (tertiary/aromatic N) is 3. The summed E-state index contributed by atoms with van der Waals surface area (Å²) in [6.07, 6.45) is -1.45. The van der Waals surface area contributed by atoms with Crippen LogP contribution in [0.25, 0.3) is 11.5 Å². The first-order valence-corrected chi connectivity index (χ1v) is 7.59. The van der Waals surface area contributed by atoms with Crippen LogP contribution in [0.1, 0.15) is 22.7 Å². The minimum absolute atomic E-state index is 0.00304. The Bertz CT molecular complexity index is 954. The molecule has 2 aromatic heterocycles. The van der Waals surface area contributed by atoms with Crippen LogP contribution in [0.3, 0.4) is 0 Å². The number of ether oxygens (including phenoxy) is 1. The SMILES string of the molecule is O=C(OCCn1ccc(-c2nnc(C(F)F)o2)cc1=O)c1ccccc1. The fourth-order valence-electron chi connectivity index (χ4n) is 2.16. The minimum atomic E-state index is -2.88. The van der Waals surface area contributed by atoms with E-state index in [1.54, 1.807) is 30.3 Å². The first-order valence-electron chi connectivity index (χ1n) is 7.59. The highest BCUT2D eigenvalue weighted by atomic mass is 19.3. The van der Waals surface area contributed by atoms with Gasteiger partial charge in [-0.25, -0.2) is 4.79 Å². The van der Waals surface area contributed by atoms with Crippen molar-refractivity contribution in [2.45, 2.75) is 13.0 Å². The normalized spacial score (nSPS) is 10.9. The molecule has 0 unspecified atom stereocenters. The standard InChI is InChI=1S/C17H13F2N3O4/c18-14(19)16-21-20-15(26-16)12-6-7-22(13(23)10-12)8-9-25-17(24)11-4-2-1-3-5-11/h1-7,10,14H,8-9H2. The van der Waals surface area contributed by atoms with Gasteiger partial charge in [0.25, 0.3) is 11.4 Å². The lowest BCUT2D eigenvalue weighted by molar-refractivity contribution is 0.0490. The van der Waals surface area contributed by atoms with Crippen LogP contribution in [-0.4, -0.2) is 27.3 Å². The molecule has 3 rings (SSSR count). The van der Waals surface area contributed by atoms with E-state index in [1.165, 1.54) is 22.9 Å². The van der Waals surface area contributed by atoms with Crippen molar-refractivity contribution < 1.29 is 22.7 Å². The molecule has 0 aliphatic carbocycles. The highest BCUT2D eigenvalue weighted by Crippen LogP contribution is 2.22. The molecule has 0 saturated heterocycles. The van der Waals surface area contributed by atoms with Gasteiger partial charge in [-0.1, -0.05) is 18.2 Å². The number of carbonyl (C=O) groups excluding carboxylic acids is 1. The Kier molecular flexibility index (Phi) is 5.16. The zero-order chi connectivity index (χ0) is 18.5. The Morgan fingerprint density at radius 2 is 1.96 bits per heavy atom. The molecular weight excluding hydrogens is 348 g/mol. The van der Waals surface area contributed by atoms with E-state index >= 15 is 0 Å². The zero-order valence-corrected chi connectivity index (χ0v) is 13.3. The summed E-state index contributed by atoms with van der Waals surface area (Å²) in [6, 6.07) is 11.1. The van der Waals surface area contributed by atoms with Gasteiger partial charge < -0.3 is 13.7 Å². The van der Waals surface area contributed by atoms with E-state index in [4.69, 9.17) is 9.15 Å². The Morgan fingerprint density at radius 3 is 2.62 bits per heavy atom. The maximum Gasteiger partial charge on any atom is 0.338 e. The number of aromatic nitrogens is 3. The second kappa shape index (κ2) is 7.68. The quantitative estimate of drug-likeness (QED) is 0.628. The van der Waals surface area contributed by atoms with Crippen LogP contribution >= 0.6 is 0 Å². The maximum atomic E-state index is 12.5. The van der Waals surface area contributed by atoms with Gasteiger partial charge >= 0.3 is 12.4 Å². The summed E-state index contributed by atoms with van der Waals surface area (Å²) in [6.45, 7) is 0.146. The molecule has 26 heavy (non-hydrogen) atoms. The summed E-state index contributed by atoms with van der Waals surface area (Å²) in [4.78, 5) is 23.9. The van der Waals surface area contributed by atoms with Crippen LogP contribution in [0.2, 0.25) is 0 Å². The first kappa shape index (κ1) is 17.5. The Balaban J connectivity index is 1.63. The molecule has 0 fully saturated rings. The highest BCUT2D eigenvalue weighted by molar-refractivity contribution is 5.89. The third-order valence-corrected chi connectivity index (χ3v) is 3.45. The molecule has 0 aliphatic heterocycles. The number of carbonyl (C=O) groups is 1. The minimum Gasteiger partial charge on any atom is -0.460 e. The molecule has 134 valence electrons. The van der Waals surface area contributed by atoms with Gasteiger partial charge in [0.2, 0.25) is 5.89 Å². The van der Waals surface area contributed by atoms with Gasteiger partial charge in [0.05, 0.1) is 12.1 Å². The molecule has 0 aliphatic rings. The van der Waals surface area contributed by atoms with Crippen molar-refractivity contribution >= 4 is 5.97 Å². The number of hydrogen-bond acceptors (Lipinski definition) is 6. The lowest BCUT2D eigenvalue weighted by Gasteiger charge is -2.07. The predicted molar refractivity (Wildman–Crippen MR) is 85.7 cm³/mol.